The number of nitrogens with one attached hydrogen (secondary N) is 2. The standard InChI is InChI=1S/C21H32N6O2/c1-22-21(23-8-5-16-14-24-26(2)15-16)25-17-6-9-27(10-7-17)18-11-19(28-3)13-20(12-18)29-4/h11-15,17H,5-10H2,1-4H3,(H2,22,23,25). The first-order chi connectivity index (χ1) is 14.1. The topological polar surface area (TPSA) is 75.9 Å². The molecule has 0 saturated carbocycles. The second-order valence-corrected chi connectivity index (χ2v) is 7.25. The zero-order valence-corrected chi connectivity index (χ0v) is 17.8. The Morgan fingerprint density at radius 2 is 1.86 bits per heavy atom. The van der Waals surface area contributed by atoms with Crippen molar-refractivity contribution in [3.8, 4) is 11.5 Å². The van der Waals surface area contributed by atoms with E-state index in [0.717, 1.165) is 62.0 Å². The highest BCUT2D eigenvalue weighted by Gasteiger charge is 2.21. The molecular weight excluding hydrogens is 368 g/mol. The second kappa shape index (κ2) is 10.0. The van der Waals surface area contributed by atoms with Gasteiger partial charge in [-0.15, -0.1) is 0 Å². The minimum Gasteiger partial charge on any atom is -0.497 e. The predicted octanol–water partition coefficient (Wildman–Crippen LogP) is 1.81. The SMILES string of the molecule is CN=C(NCCc1cnn(C)c1)NC1CCN(c2cc(OC)cc(OC)c2)CC1. The van der Waals surface area contributed by atoms with Crippen molar-refractivity contribution in [1.82, 2.24) is 20.4 Å². The normalized spacial score (nSPS) is 15.3. The number of piperidine rings is 1. The summed E-state index contributed by atoms with van der Waals surface area (Å²) in [6.07, 6.45) is 6.96. The van der Waals surface area contributed by atoms with Crippen molar-refractivity contribution in [3.63, 3.8) is 0 Å². The molecule has 158 valence electrons. The first-order valence-electron chi connectivity index (χ1n) is 10.0. The van der Waals surface area contributed by atoms with E-state index in [1.165, 1.54) is 5.56 Å². The smallest absolute Gasteiger partial charge is 0.191 e. The number of hydrogen-bond acceptors (Lipinski definition) is 5. The maximum atomic E-state index is 5.40. The van der Waals surface area contributed by atoms with Gasteiger partial charge in [-0.25, -0.2) is 0 Å². The van der Waals surface area contributed by atoms with Crippen LogP contribution in [0.25, 0.3) is 0 Å². The molecule has 1 aromatic heterocycles. The molecule has 8 nitrogen and oxygen atoms in total. The van der Waals surface area contributed by atoms with Gasteiger partial charge in [0.25, 0.3) is 0 Å². The van der Waals surface area contributed by atoms with Crippen LogP contribution in [0, 0.1) is 0 Å². The summed E-state index contributed by atoms with van der Waals surface area (Å²) in [7, 11) is 7.12. The van der Waals surface area contributed by atoms with Gasteiger partial charge in [-0.2, -0.15) is 5.10 Å². The number of methoxy groups -OCH3 is 2. The fourth-order valence-electron chi connectivity index (χ4n) is 3.57. The van der Waals surface area contributed by atoms with Crippen LogP contribution in [0.4, 0.5) is 5.69 Å². The van der Waals surface area contributed by atoms with Gasteiger partial charge in [-0.1, -0.05) is 0 Å². The van der Waals surface area contributed by atoms with Crippen LogP contribution < -0.4 is 25.0 Å². The molecule has 2 N–H and O–H groups in total. The van der Waals surface area contributed by atoms with Crippen LogP contribution in [0.15, 0.2) is 35.6 Å². The summed E-state index contributed by atoms with van der Waals surface area (Å²) in [5, 5.41) is 11.2. The lowest BCUT2D eigenvalue weighted by molar-refractivity contribution is 0.393. The molecule has 0 aliphatic carbocycles. The van der Waals surface area contributed by atoms with E-state index >= 15 is 0 Å². The summed E-state index contributed by atoms with van der Waals surface area (Å²) in [4.78, 5) is 6.74. The second-order valence-electron chi connectivity index (χ2n) is 7.25. The lowest BCUT2D eigenvalue weighted by atomic mass is 10.0. The molecule has 8 heteroatoms. The van der Waals surface area contributed by atoms with Gasteiger partial charge < -0.3 is 25.0 Å². The largest absolute Gasteiger partial charge is 0.497 e. The van der Waals surface area contributed by atoms with Crippen LogP contribution in [0.1, 0.15) is 18.4 Å². The van der Waals surface area contributed by atoms with Crippen LogP contribution >= 0.6 is 0 Å². The molecular formula is C21H32N6O2. The molecule has 1 saturated heterocycles. The number of aromatic nitrogens is 2. The van der Waals surface area contributed by atoms with Gasteiger partial charge >= 0.3 is 0 Å². The lowest BCUT2D eigenvalue weighted by Crippen LogP contribution is -2.49. The van der Waals surface area contributed by atoms with E-state index in [1.54, 1.807) is 14.2 Å². The third kappa shape index (κ3) is 5.79. The summed E-state index contributed by atoms with van der Waals surface area (Å²) >= 11 is 0. The zero-order chi connectivity index (χ0) is 20.6. The molecule has 0 atom stereocenters. The van der Waals surface area contributed by atoms with E-state index in [4.69, 9.17) is 9.47 Å². The number of guanidine groups is 1. The maximum Gasteiger partial charge on any atom is 0.191 e. The van der Waals surface area contributed by atoms with Gasteiger partial charge in [0, 0.05) is 69.9 Å². The highest BCUT2D eigenvalue weighted by molar-refractivity contribution is 5.80. The quantitative estimate of drug-likeness (QED) is 0.545. The summed E-state index contributed by atoms with van der Waals surface area (Å²) < 4.78 is 12.6. The highest BCUT2D eigenvalue weighted by atomic mass is 16.5. The van der Waals surface area contributed by atoms with E-state index in [-0.39, 0.29) is 0 Å². The van der Waals surface area contributed by atoms with Gasteiger partial charge in [0.2, 0.25) is 0 Å². The van der Waals surface area contributed by atoms with Crippen LogP contribution in [-0.2, 0) is 13.5 Å². The van der Waals surface area contributed by atoms with Gasteiger partial charge in [0.05, 0.1) is 20.4 Å². The number of hydrogen-bond donors (Lipinski definition) is 2. The molecule has 1 aromatic carbocycles. The number of ether oxygens (including phenoxy) is 2. The number of nitrogens with zero attached hydrogens (tertiary/aromatic N) is 4. The minimum absolute atomic E-state index is 0.406. The Balaban J connectivity index is 1.47. The number of aryl methyl sites for hydroxylation is 1. The van der Waals surface area contributed by atoms with Crippen molar-refractivity contribution < 1.29 is 9.47 Å². The summed E-state index contributed by atoms with van der Waals surface area (Å²) in [5.74, 6) is 2.49. The van der Waals surface area contributed by atoms with Crippen molar-refractivity contribution in [1.29, 1.82) is 0 Å². The van der Waals surface area contributed by atoms with Gasteiger partial charge in [0.1, 0.15) is 11.5 Å². The van der Waals surface area contributed by atoms with Gasteiger partial charge in [-0.3, -0.25) is 9.67 Å². The molecule has 1 aliphatic heterocycles. The Morgan fingerprint density at radius 1 is 1.17 bits per heavy atom. The summed E-state index contributed by atoms with van der Waals surface area (Å²) in [5.41, 5.74) is 2.36. The Morgan fingerprint density at radius 3 is 2.41 bits per heavy atom. The molecule has 0 spiro atoms. The third-order valence-electron chi connectivity index (χ3n) is 5.23. The van der Waals surface area contributed by atoms with Crippen LogP contribution in [-0.4, -0.2) is 62.7 Å². The number of anilines is 1. The van der Waals surface area contributed by atoms with Crippen molar-refractivity contribution in [2.45, 2.75) is 25.3 Å². The summed E-state index contributed by atoms with van der Waals surface area (Å²) in [6.45, 7) is 2.77. The molecule has 0 unspecified atom stereocenters. The van der Waals surface area contributed by atoms with E-state index < -0.39 is 0 Å². The van der Waals surface area contributed by atoms with Crippen LogP contribution in [0.3, 0.4) is 0 Å². The molecule has 0 radical (unpaired) electrons. The molecule has 3 rings (SSSR count). The Kier molecular flexibility index (Phi) is 7.21. The molecule has 0 bridgehead atoms. The van der Waals surface area contributed by atoms with E-state index in [0.29, 0.717) is 6.04 Å². The van der Waals surface area contributed by atoms with Crippen molar-refractivity contribution in [2.24, 2.45) is 12.0 Å². The Hall–Kier alpha value is -2.90. The number of benzene rings is 1. The fraction of sp³-hybridized carbons (Fsp3) is 0.524. The van der Waals surface area contributed by atoms with E-state index in [9.17, 15) is 0 Å². The molecule has 1 aliphatic rings. The van der Waals surface area contributed by atoms with Crippen LogP contribution in [0.5, 0.6) is 11.5 Å². The molecule has 0 amide bonds. The van der Waals surface area contributed by atoms with Crippen molar-refractivity contribution in [2.75, 3.05) is 45.8 Å². The lowest BCUT2D eigenvalue weighted by Gasteiger charge is -2.34. The molecule has 2 aromatic rings. The van der Waals surface area contributed by atoms with Gasteiger partial charge in [-0.05, 0) is 24.8 Å². The van der Waals surface area contributed by atoms with Crippen molar-refractivity contribution >= 4 is 11.6 Å². The van der Waals surface area contributed by atoms with Crippen molar-refractivity contribution in [3.05, 3.63) is 36.2 Å². The maximum absolute atomic E-state index is 5.40. The minimum atomic E-state index is 0.406. The first-order valence-corrected chi connectivity index (χ1v) is 10.0. The predicted molar refractivity (Wildman–Crippen MR) is 116 cm³/mol. The first kappa shape index (κ1) is 20.8. The molecule has 2 heterocycles. The third-order valence-corrected chi connectivity index (χ3v) is 5.23. The van der Waals surface area contributed by atoms with E-state index in [2.05, 4.69) is 37.8 Å². The Labute approximate surface area is 172 Å². The number of rotatable bonds is 7. The zero-order valence-electron chi connectivity index (χ0n) is 17.8. The average molecular weight is 401 g/mol. The summed E-state index contributed by atoms with van der Waals surface area (Å²) in [6, 6.07) is 6.44. The van der Waals surface area contributed by atoms with Crippen LogP contribution in [0.2, 0.25) is 0 Å². The molecule has 1 fully saturated rings. The fourth-order valence-corrected chi connectivity index (χ4v) is 3.57. The monoisotopic (exact) mass is 400 g/mol. The van der Waals surface area contributed by atoms with E-state index in [1.807, 2.05) is 37.2 Å². The Bertz CT molecular complexity index is 789. The average Bonchev–Trinajstić information content (AvgIpc) is 3.18. The van der Waals surface area contributed by atoms with Gasteiger partial charge in [0.15, 0.2) is 5.96 Å². The number of aliphatic imine (C=N–C) groups is 1. The molecule has 29 heavy (non-hydrogen) atoms. The highest BCUT2D eigenvalue weighted by Crippen LogP contribution is 2.30.